The molecular formula is C17H27O4SSi. The van der Waals surface area contributed by atoms with E-state index >= 15 is 0 Å². The van der Waals surface area contributed by atoms with Gasteiger partial charge in [0.05, 0.1) is 4.91 Å². The van der Waals surface area contributed by atoms with Crippen LogP contribution < -0.4 is 0 Å². The zero-order chi connectivity index (χ0) is 17.8. The predicted molar refractivity (Wildman–Crippen MR) is 94.2 cm³/mol. The van der Waals surface area contributed by atoms with Crippen molar-refractivity contribution in [2.24, 2.45) is 16.7 Å². The van der Waals surface area contributed by atoms with Crippen LogP contribution in [0.15, 0.2) is 10.7 Å². The normalized spacial score (nSPS) is 25.1. The van der Waals surface area contributed by atoms with Gasteiger partial charge in [-0.1, -0.05) is 41.0 Å². The van der Waals surface area contributed by atoms with Crippen LogP contribution in [0, 0.1) is 16.7 Å². The van der Waals surface area contributed by atoms with Crippen LogP contribution in [0.1, 0.15) is 60.3 Å². The van der Waals surface area contributed by atoms with E-state index in [2.05, 4.69) is 38.2 Å². The minimum Gasteiger partial charge on any atom is -0.542 e. The Morgan fingerprint density at radius 2 is 1.96 bits per heavy atom. The third-order valence-corrected chi connectivity index (χ3v) is 6.47. The first-order chi connectivity index (χ1) is 10.6. The maximum Gasteiger partial charge on any atom is 0.340 e. The van der Waals surface area contributed by atoms with Gasteiger partial charge in [0.2, 0.25) is 0 Å². The molecule has 0 spiro atoms. The molecule has 0 aromatic carbocycles. The van der Waals surface area contributed by atoms with Gasteiger partial charge in [0.25, 0.3) is 0 Å². The topological polar surface area (TPSA) is 63.6 Å². The Morgan fingerprint density at radius 3 is 2.43 bits per heavy atom. The number of aliphatic carboxylic acids is 1. The third kappa shape index (κ3) is 4.21. The number of hydrogen-bond donors (Lipinski definition) is 1. The largest absolute Gasteiger partial charge is 0.542 e. The molecule has 0 heterocycles. The molecule has 1 aliphatic carbocycles. The van der Waals surface area contributed by atoms with Crippen molar-refractivity contribution >= 4 is 34.0 Å². The fourth-order valence-electron chi connectivity index (χ4n) is 3.01. The number of thioether (sulfide) groups is 1. The van der Waals surface area contributed by atoms with Crippen LogP contribution >= 0.6 is 11.8 Å². The Kier molecular flexibility index (Phi) is 6.95. The molecule has 0 aromatic heterocycles. The van der Waals surface area contributed by atoms with Crippen molar-refractivity contribution in [2.75, 3.05) is 5.75 Å². The Labute approximate surface area is 147 Å². The van der Waals surface area contributed by atoms with Crippen LogP contribution in [0.2, 0.25) is 0 Å². The number of unbranched alkanes of at least 4 members (excludes halogenated alkanes) is 2. The summed E-state index contributed by atoms with van der Waals surface area (Å²) in [4.78, 5) is 23.9. The molecule has 1 rings (SSSR count). The van der Waals surface area contributed by atoms with Crippen LogP contribution in [-0.2, 0) is 14.0 Å². The Balaban J connectivity index is 2.77. The highest BCUT2D eigenvalue weighted by Crippen LogP contribution is 2.57. The maximum absolute atomic E-state index is 12.7. The number of carbonyl (C=O) groups is 2. The lowest BCUT2D eigenvalue weighted by molar-refractivity contribution is -0.137. The minimum absolute atomic E-state index is 0.103. The van der Waals surface area contributed by atoms with Crippen molar-refractivity contribution in [1.82, 2.24) is 0 Å². The van der Waals surface area contributed by atoms with Crippen LogP contribution in [0.5, 0.6) is 0 Å². The number of Topliss-reactive ketones (excluding diaryl/α,β-unsaturated/α-hetero) is 1. The highest BCUT2D eigenvalue weighted by atomic mass is 32.2. The first-order valence-electron chi connectivity index (χ1n) is 8.04. The summed E-state index contributed by atoms with van der Waals surface area (Å²) < 4.78 is 5.48. The lowest BCUT2D eigenvalue weighted by Crippen LogP contribution is -2.39. The molecule has 2 atom stereocenters. The van der Waals surface area contributed by atoms with E-state index in [1.54, 1.807) is 0 Å². The van der Waals surface area contributed by atoms with Gasteiger partial charge in [0.1, 0.15) is 5.76 Å². The zero-order valence-electron chi connectivity index (χ0n) is 14.7. The van der Waals surface area contributed by atoms with E-state index in [4.69, 9.17) is 9.53 Å². The smallest absolute Gasteiger partial charge is 0.340 e. The first kappa shape index (κ1) is 20.3. The predicted octanol–water partition coefficient (Wildman–Crippen LogP) is 3.95. The number of allylic oxidation sites excluding steroid dienone is 2. The summed E-state index contributed by atoms with van der Waals surface area (Å²) in [5.41, 5.74) is -0.453. The molecule has 129 valence electrons. The van der Waals surface area contributed by atoms with Gasteiger partial charge in [-0.05, 0) is 24.0 Å². The van der Waals surface area contributed by atoms with Gasteiger partial charge in [-0.3, -0.25) is 9.59 Å². The quantitative estimate of drug-likeness (QED) is 0.527. The van der Waals surface area contributed by atoms with Crippen molar-refractivity contribution < 1.29 is 19.1 Å². The fraction of sp³-hybridized carbons (Fsp3) is 0.765. The van der Waals surface area contributed by atoms with E-state index < -0.39 is 5.97 Å². The van der Waals surface area contributed by atoms with Gasteiger partial charge < -0.3 is 9.53 Å². The number of hydrogen-bond acceptors (Lipinski definition) is 4. The number of carboxylic acids is 1. The molecule has 6 heteroatoms. The Hall–Kier alpha value is -0.753. The summed E-state index contributed by atoms with van der Waals surface area (Å²) in [6.45, 7) is 10.4. The zero-order valence-corrected chi connectivity index (χ0v) is 16.5. The molecule has 0 amide bonds. The number of carboxylic acid groups (broad SMARTS) is 1. The molecule has 3 radical (unpaired) electrons. The minimum atomic E-state index is -0.754. The summed E-state index contributed by atoms with van der Waals surface area (Å²) in [5.74, 6) is 0.798. The Bertz CT molecular complexity index is 495. The molecule has 0 saturated heterocycles. The van der Waals surface area contributed by atoms with E-state index in [9.17, 15) is 9.59 Å². The SMILES string of the molecule is CC1C(=O)C(SCCCCCC(=O)O)=C(O[Si])C1(C)C(C)(C)C. The summed E-state index contributed by atoms with van der Waals surface area (Å²) in [6.07, 6.45) is 2.64. The van der Waals surface area contributed by atoms with E-state index in [1.807, 2.05) is 6.92 Å². The van der Waals surface area contributed by atoms with Crippen molar-refractivity contribution in [3.63, 3.8) is 0 Å². The highest BCUT2D eigenvalue weighted by molar-refractivity contribution is 8.04. The second-order valence-electron chi connectivity index (χ2n) is 7.35. The molecule has 0 fully saturated rings. The second-order valence-corrected chi connectivity index (χ2v) is 8.66. The summed E-state index contributed by atoms with van der Waals surface area (Å²) >= 11 is 1.53. The molecule has 0 saturated carbocycles. The molecule has 0 bridgehead atoms. The summed E-state index contributed by atoms with van der Waals surface area (Å²) in [6, 6.07) is 0. The monoisotopic (exact) mass is 355 g/mol. The van der Waals surface area contributed by atoms with Crippen molar-refractivity contribution in [3.05, 3.63) is 10.7 Å². The molecular weight excluding hydrogens is 328 g/mol. The standard InChI is InChI=1S/C17H27O4SSi/c1-11-13(20)14(22-10-8-6-7-9-12(18)19)15(21-23)17(11,5)16(2,3)4/h11H,6-10H2,1-5H3,(H,18,19). The lowest BCUT2D eigenvalue weighted by atomic mass is 9.62. The molecule has 4 nitrogen and oxygen atoms in total. The average molecular weight is 356 g/mol. The van der Waals surface area contributed by atoms with Crippen LogP contribution in [0.25, 0.3) is 0 Å². The van der Waals surface area contributed by atoms with Gasteiger partial charge in [0, 0.05) is 17.8 Å². The van der Waals surface area contributed by atoms with Crippen LogP contribution in [-0.4, -0.2) is 33.1 Å². The molecule has 2 unspecified atom stereocenters. The number of carbonyl (C=O) groups excluding carboxylic acids is 1. The fourth-order valence-corrected chi connectivity index (χ4v) is 4.66. The molecule has 1 aliphatic rings. The molecule has 0 aliphatic heterocycles. The van der Waals surface area contributed by atoms with Gasteiger partial charge in [-0.15, -0.1) is 11.8 Å². The van der Waals surface area contributed by atoms with Gasteiger partial charge >= 0.3 is 16.5 Å². The van der Waals surface area contributed by atoms with Crippen molar-refractivity contribution in [1.29, 1.82) is 0 Å². The number of rotatable bonds is 8. The average Bonchev–Trinajstić information content (AvgIpc) is 2.63. The lowest BCUT2D eigenvalue weighted by Gasteiger charge is -2.43. The van der Waals surface area contributed by atoms with Crippen LogP contribution in [0.4, 0.5) is 0 Å². The highest BCUT2D eigenvalue weighted by Gasteiger charge is 2.55. The second kappa shape index (κ2) is 7.88. The van der Waals surface area contributed by atoms with E-state index in [1.165, 1.54) is 11.8 Å². The van der Waals surface area contributed by atoms with E-state index in [0.717, 1.165) is 24.4 Å². The third-order valence-electron chi connectivity index (χ3n) is 5.10. The van der Waals surface area contributed by atoms with Crippen molar-refractivity contribution in [3.8, 4) is 0 Å². The van der Waals surface area contributed by atoms with E-state index in [-0.39, 0.29) is 29.0 Å². The van der Waals surface area contributed by atoms with E-state index in [0.29, 0.717) is 11.3 Å². The molecule has 0 aromatic rings. The summed E-state index contributed by atoms with van der Waals surface area (Å²) in [7, 11) is 3.15. The maximum atomic E-state index is 12.7. The molecule has 23 heavy (non-hydrogen) atoms. The van der Waals surface area contributed by atoms with Gasteiger partial charge in [-0.25, -0.2) is 0 Å². The van der Waals surface area contributed by atoms with Crippen molar-refractivity contribution in [2.45, 2.75) is 60.3 Å². The van der Waals surface area contributed by atoms with Crippen LogP contribution in [0.3, 0.4) is 0 Å². The Morgan fingerprint density at radius 1 is 1.35 bits per heavy atom. The number of ketones is 1. The summed E-state index contributed by atoms with van der Waals surface area (Å²) in [5, 5.41) is 8.63. The van der Waals surface area contributed by atoms with Gasteiger partial charge in [0.15, 0.2) is 5.78 Å². The van der Waals surface area contributed by atoms with Gasteiger partial charge in [-0.2, -0.15) is 0 Å². The molecule has 1 N–H and O–H groups in total. The first-order valence-corrected chi connectivity index (χ1v) is 9.44.